The average molecular weight is 505 g/mol. The van der Waals surface area contributed by atoms with Crippen LogP contribution >= 0.6 is 11.3 Å². The lowest BCUT2D eigenvalue weighted by Gasteiger charge is -2.23. The number of esters is 1. The summed E-state index contributed by atoms with van der Waals surface area (Å²) in [5, 5.41) is 4.27. The Bertz CT molecular complexity index is 1520. The van der Waals surface area contributed by atoms with Crippen LogP contribution in [0.2, 0.25) is 0 Å². The summed E-state index contributed by atoms with van der Waals surface area (Å²) in [7, 11) is 4.38. The number of aryl methyl sites for hydroxylation is 1. The molecule has 3 heterocycles. The number of ether oxygens (including phenoxy) is 3. The molecule has 0 bridgehead atoms. The van der Waals surface area contributed by atoms with Crippen LogP contribution in [0.25, 0.3) is 6.08 Å². The van der Waals surface area contributed by atoms with E-state index in [1.807, 2.05) is 6.92 Å². The number of methoxy groups -OCH3 is 2. The van der Waals surface area contributed by atoms with E-state index < -0.39 is 18.6 Å². The fraction of sp³-hybridized carbons (Fsp3) is 0.304. The van der Waals surface area contributed by atoms with Crippen molar-refractivity contribution in [2.24, 2.45) is 12.0 Å². The molecule has 9 nitrogen and oxygen atoms in total. The first-order valence-corrected chi connectivity index (χ1v) is 11.2. The largest absolute Gasteiger partial charge is 0.493 e. The molecule has 0 N–H and O–H groups in total. The first-order chi connectivity index (χ1) is 16.7. The Morgan fingerprint density at radius 3 is 2.57 bits per heavy atom. The van der Waals surface area contributed by atoms with E-state index in [-0.39, 0.29) is 22.6 Å². The number of nitrogens with zero attached hydrogens (tertiary/aromatic N) is 4. The highest BCUT2D eigenvalue weighted by Crippen LogP contribution is 2.32. The van der Waals surface area contributed by atoms with Crippen molar-refractivity contribution < 1.29 is 27.8 Å². The number of rotatable bonds is 6. The molecule has 12 heteroatoms. The number of alkyl halides is 2. The van der Waals surface area contributed by atoms with Gasteiger partial charge in [-0.25, -0.2) is 9.79 Å². The fourth-order valence-electron chi connectivity index (χ4n) is 3.89. The van der Waals surface area contributed by atoms with Crippen LogP contribution in [0.1, 0.15) is 29.8 Å². The number of hydrogen-bond acceptors (Lipinski definition) is 8. The van der Waals surface area contributed by atoms with Crippen LogP contribution in [-0.4, -0.2) is 41.1 Å². The first-order valence-electron chi connectivity index (χ1n) is 10.4. The number of halogens is 2. The second-order valence-electron chi connectivity index (χ2n) is 7.67. The fourth-order valence-corrected chi connectivity index (χ4v) is 4.94. The maximum atomic E-state index is 13.6. The number of carbonyl (C=O) groups is 1. The Hall–Kier alpha value is -3.80. The zero-order valence-electron chi connectivity index (χ0n) is 19.5. The molecule has 1 aromatic carbocycles. The molecule has 2 aromatic heterocycles. The van der Waals surface area contributed by atoms with Crippen molar-refractivity contribution in [3.8, 4) is 11.5 Å². The van der Waals surface area contributed by atoms with Crippen molar-refractivity contribution in [2.75, 3.05) is 14.2 Å². The van der Waals surface area contributed by atoms with Gasteiger partial charge in [-0.3, -0.25) is 14.0 Å². The number of thiazole rings is 1. The van der Waals surface area contributed by atoms with Gasteiger partial charge in [-0.2, -0.15) is 13.9 Å². The molecule has 0 saturated heterocycles. The first kappa shape index (κ1) is 24.3. The second kappa shape index (κ2) is 9.45. The summed E-state index contributed by atoms with van der Waals surface area (Å²) in [4.78, 5) is 31.2. The van der Waals surface area contributed by atoms with Gasteiger partial charge in [0.25, 0.3) is 5.56 Å². The number of aromatic nitrogens is 3. The lowest BCUT2D eigenvalue weighted by atomic mass is 9.96. The Morgan fingerprint density at radius 2 is 1.97 bits per heavy atom. The molecule has 4 rings (SSSR count). The van der Waals surface area contributed by atoms with E-state index in [4.69, 9.17) is 9.47 Å². The minimum atomic E-state index is -3.00. The standard InChI is InChI=1S/C23H22F2N4O5S/c1-11-18(21(31)33-5)19(14-10-26-28(3)12(14)2)29-20(30)17(35-23(29)27-11)9-13-6-7-15(34-22(24)25)16(8-13)32-4/h6-10,19,22H,1-5H3/b17-9+/t19-/m0/s1. The molecule has 1 aliphatic rings. The average Bonchev–Trinajstić information content (AvgIpc) is 3.31. The zero-order chi connectivity index (χ0) is 25.4. The normalized spacial score (nSPS) is 15.8. The van der Waals surface area contributed by atoms with E-state index in [1.54, 1.807) is 30.9 Å². The van der Waals surface area contributed by atoms with Gasteiger partial charge in [-0.1, -0.05) is 17.4 Å². The maximum absolute atomic E-state index is 13.6. The van der Waals surface area contributed by atoms with Crippen LogP contribution in [-0.2, 0) is 16.6 Å². The molecular formula is C23H22F2N4O5S. The van der Waals surface area contributed by atoms with Gasteiger partial charge in [0.2, 0.25) is 0 Å². The van der Waals surface area contributed by atoms with Crippen molar-refractivity contribution >= 4 is 23.4 Å². The quantitative estimate of drug-likeness (QED) is 0.477. The maximum Gasteiger partial charge on any atom is 0.387 e. The molecule has 35 heavy (non-hydrogen) atoms. The lowest BCUT2D eigenvalue weighted by molar-refractivity contribution is -0.136. The second-order valence-corrected chi connectivity index (χ2v) is 8.68. The van der Waals surface area contributed by atoms with Crippen molar-refractivity contribution in [2.45, 2.75) is 26.5 Å². The van der Waals surface area contributed by atoms with Crippen molar-refractivity contribution in [3.05, 3.63) is 72.2 Å². The Balaban J connectivity index is 1.91. The van der Waals surface area contributed by atoms with Crippen LogP contribution in [0.15, 0.2) is 45.5 Å². The third kappa shape index (κ3) is 4.36. The van der Waals surface area contributed by atoms with Gasteiger partial charge in [0.05, 0.1) is 36.2 Å². The van der Waals surface area contributed by atoms with Crippen molar-refractivity contribution in [1.82, 2.24) is 14.3 Å². The summed E-state index contributed by atoms with van der Waals surface area (Å²) in [6.07, 6.45) is 3.22. The summed E-state index contributed by atoms with van der Waals surface area (Å²) in [6.45, 7) is 0.536. The molecule has 0 spiro atoms. The molecule has 0 amide bonds. The molecule has 0 aliphatic carbocycles. The highest BCUT2D eigenvalue weighted by molar-refractivity contribution is 7.07. The summed E-state index contributed by atoms with van der Waals surface area (Å²) >= 11 is 1.14. The van der Waals surface area contributed by atoms with Gasteiger partial charge < -0.3 is 14.2 Å². The van der Waals surface area contributed by atoms with Gasteiger partial charge in [0, 0.05) is 18.3 Å². The van der Waals surface area contributed by atoms with Gasteiger partial charge in [0.15, 0.2) is 16.3 Å². The molecule has 3 aromatic rings. The van der Waals surface area contributed by atoms with Gasteiger partial charge >= 0.3 is 12.6 Å². The molecule has 1 aliphatic heterocycles. The predicted octanol–water partition coefficient (Wildman–Crippen LogP) is 2.06. The van der Waals surface area contributed by atoms with Gasteiger partial charge in [0.1, 0.15) is 6.04 Å². The number of allylic oxidation sites excluding steroid dienone is 1. The highest BCUT2D eigenvalue weighted by Gasteiger charge is 2.35. The molecule has 1 atom stereocenters. The number of hydrogen-bond donors (Lipinski definition) is 0. The van der Waals surface area contributed by atoms with E-state index >= 15 is 0 Å². The van der Waals surface area contributed by atoms with Gasteiger partial charge in [-0.15, -0.1) is 0 Å². The monoisotopic (exact) mass is 504 g/mol. The van der Waals surface area contributed by atoms with Crippen molar-refractivity contribution in [3.63, 3.8) is 0 Å². The number of fused-ring (bicyclic) bond motifs is 1. The van der Waals surface area contributed by atoms with Crippen molar-refractivity contribution in [1.29, 1.82) is 0 Å². The van der Waals surface area contributed by atoms with E-state index in [9.17, 15) is 18.4 Å². The van der Waals surface area contributed by atoms with Crippen LogP contribution in [0.5, 0.6) is 11.5 Å². The number of carbonyl (C=O) groups excluding carboxylic acids is 1. The third-order valence-electron chi connectivity index (χ3n) is 5.70. The van der Waals surface area contributed by atoms with E-state index in [1.165, 1.54) is 37.0 Å². The van der Waals surface area contributed by atoms with Crippen LogP contribution < -0.4 is 24.4 Å². The Morgan fingerprint density at radius 1 is 1.23 bits per heavy atom. The SMILES string of the molecule is COC(=O)C1=C(C)N=c2s/c(=C/c3ccc(OC(F)F)c(OC)c3)c(=O)n2[C@H]1c1cnn(C)c1C. The molecule has 184 valence electrons. The molecular weight excluding hydrogens is 482 g/mol. The minimum Gasteiger partial charge on any atom is -0.493 e. The zero-order valence-corrected chi connectivity index (χ0v) is 20.4. The topological polar surface area (TPSA) is 96.9 Å². The van der Waals surface area contributed by atoms with Crippen LogP contribution in [0.3, 0.4) is 0 Å². The molecule has 0 fully saturated rings. The smallest absolute Gasteiger partial charge is 0.387 e. The van der Waals surface area contributed by atoms with Crippen LogP contribution in [0.4, 0.5) is 8.78 Å². The highest BCUT2D eigenvalue weighted by atomic mass is 32.1. The summed E-state index contributed by atoms with van der Waals surface area (Å²) in [5.74, 6) is -0.612. The van der Waals surface area contributed by atoms with Crippen LogP contribution in [0, 0.1) is 6.92 Å². The van der Waals surface area contributed by atoms with E-state index in [0.29, 0.717) is 26.2 Å². The Kier molecular flexibility index (Phi) is 6.57. The summed E-state index contributed by atoms with van der Waals surface area (Å²) in [6, 6.07) is 3.59. The molecule has 0 unspecified atom stereocenters. The van der Waals surface area contributed by atoms with E-state index in [0.717, 1.165) is 17.0 Å². The molecule has 0 saturated carbocycles. The lowest BCUT2D eigenvalue weighted by Crippen LogP contribution is -2.40. The molecule has 0 radical (unpaired) electrons. The summed E-state index contributed by atoms with van der Waals surface area (Å²) < 4.78 is 43.3. The Labute approximate surface area is 202 Å². The summed E-state index contributed by atoms with van der Waals surface area (Å²) in [5.41, 5.74) is 2.30. The van der Waals surface area contributed by atoms with E-state index in [2.05, 4.69) is 14.8 Å². The minimum absolute atomic E-state index is 0.0968. The number of benzene rings is 1. The predicted molar refractivity (Wildman–Crippen MR) is 123 cm³/mol. The van der Waals surface area contributed by atoms with Gasteiger partial charge in [-0.05, 0) is 37.6 Å². The third-order valence-corrected chi connectivity index (χ3v) is 6.68.